The van der Waals surface area contributed by atoms with Gasteiger partial charge in [0.05, 0.1) is 18.3 Å². The highest BCUT2D eigenvalue weighted by Crippen LogP contribution is 2.44. The number of aliphatic hydroxyl groups is 1. The molecule has 0 amide bonds. The molecule has 0 saturated carbocycles. The second kappa shape index (κ2) is 16.9. The van der Waals surface area contributed by atoms with Gasteiger partial charge in [0.25, 0.3) is 0 Å². The predicted octanol–water partition coefficient (Wildman–Crippen LogP) is 7.50. The van der Waals surface area contributed by atoms with Crippen LogP contribution in [0.1, 0.15) is 99.3 Å². The Balaban J connectivity index is 2.06. The number of ether oxygens (including phenoxy) is 2. The molecule has 7 atom stereocenters. The number of rotatable bonds is 14. The Morgan fingerprint density at radius 3 is 2.38 bits per heavy atom. The molecule has 0 aromatic heterocycles. The summed E-state index contributed by atoms with van der Waals surface area (Å²) < 4.78 is 13.5. The van der Waals surface area contributed by atoms with E-state index in [2.05, 4.69) is 32.1 Å². The minimum absolute atomic E-state index is 0.00755. The predicted molar refractivity (Wildman–Crippen MR) is 161 cm³/mol. The number of aliphatic carboxylic acids is 1. The lowest BCUT2D eigenvalue weighted by molar-refractivity contribution is -0.324. The van der Waals surface area contributed by atoms with Gasteiger partial charge in [-0.25, -0.2) is 4.79 Å². The van der Waals surface area contributed by atoms with Crippen molar-refractivity contribution in [1.82, 2.24) is 0 Å². The van der Waals surface area contributed by atoms with Gasteiger partial charge in [-0.3, -0.25) is 4.79 Å². The van der Waals surface area contributed by atoms with E-state index < -0.39 is 17.9 Å². The maximum absolute atomic E-state index is 11.7. The fraction of sp³-hybridized carbons (Fsp3) is 0.647. The van der Waals surface area contributed by atoms with E-state index in [4.69, 9.17) is 14.6 Å². The summed E-state index contributed by atoms with van der Waals surface area (Å²) in [6, 6.07) is 0. The molecule has 224 valence electrons. The minimum atomic E-state index is -1.02. The third-order valence-corrected chi connectivity index (χ3v) is 8.26. The van der Waals surface area contributed by atoms with E-state index in [0.717, 1.165) is 62.2 Å². The van der Waals surface area contributed by atoms with Crippen LogP contribution in [-0.2, 0) is 19.1 Å². The standard InChI is InChI=1S/C34H52O6/c1-7-9-28-21-23-34(40-32(28)18-13-24(3)10-15-29(35)8-2)22-20-27(6)31(39-34)17-12-25(4)11-16-30(36)26(5)14-19-33(37)38/h10-14,16,18-19,26-28,30-32,36H,7-9,15,17,20-23H2,1-6H3,(H,37,38)/t26?,27?,28?,30?,31?,32?,34-/m1/s1. The van der Waals surface area contributed by atoms with Crippen molar-refractivity contribution in [2.24, 2.45) is 17.8 Å². The first-order chi connectivity index (χ1) is 19.0. The summed E-state index contributed by atoms with van der Waals surface area (Å²) in [6.45, 7) is 12.2. The molecule has 0 radical (unpaired) electrons. The molecule has 6 nitrogen and oxygen atoms in total. The molecular formula is C34H52O6. The molecule has 2 aliphatic heterocycles. The van der Waals surface area contributed by atoms with Crippen molar-refractivity contribution >= 4 is 11.8 Å². The van der Waals surface area contributed by atoms with Gasteiger partial charge in [0.1, 0.15) is 5.78 Å². The lowest BCUT2D eigenvalue weighted by atomic mass is 9.81. The Bertz CT molecular complexity index is 973. The van der Waals surface area contributed by atoms with Gasteiger partial charge in [-0.05, 0) is 51.4 Å². The summed E-state index contributed by atoms with van der Waals surface area (Å²) in [6.07, 6.45) is 21.8. The average Bonchev–Trinajstić information content (AvgIpc) is 2.93. The number of hydrogen-bond acceptors (Lipinski definition) is 5. The Morgan fingerprint density at radius 2 is 1.70 bits per heavy atom. The molecule has 6 heteroatoms. The third kappa shape index (κ3) is 11.3. The number of ketones is 1. The van der Waals surface area contributed by atoms with Crippen LogP contribution >= 0.6 is 0 Å². The summed E-state index contributed by atoms with van der Waals surface area (Å²) in [4.78, 5) is 22.4. The van der Waals surface area contributed by atoms with Gasteiger partial charge in [-0.2, -0.15) is 0 Å². The van der Waals surface area contributed by atoms with E-state index in [1.165, 1.54) is 6.08 Å². The molecule has 2 heterocycles. The van der Waals surface area contributed by atoms with Gasteiger partial charge in [-0.1, -0.05) is 87.8 Å². The van der Waals surface area contributed by atoms with Crippen molar-refractivity contribution in [2.75, 3.05) is 0 Å². The first-order valence-corrected chi connectivity index (χ1v) is 15.1. The molecule has 40 heavy (non-hydrogen) atoms. The average molecular weight is 557 g/mol. The van der Waals surface area contributed by atoms with E-state index in [1.54, 1.807) is 13.0 Å². The van der Waals surface area contributed by atoms with Crippen LogP contribution in [0.4, 0.5) is 0 Å². The smallest absolute Gasteiger partial charge is 0.327 e. The van der Waals surface area contributed by atoms with Crippen molar-refractivity contribution in [3.8, 4) is 0 Å². The van der Waals surface area contributed by atoms with Gasteiger partial charge >= 0.3 is 5.97 Å². The zero-order chi connectivity index (χ0) is 29.7. The second-order valence-corrected chi connectivity index (χ2v) is 11.7. The van der Waals surface area contributed by atoms with E-state index in [9.17, 15) is 14.7 Å². The van der Waals surface area contributed by atoms with E-state index in [1.807, 2.05) is 32.9 Å². The zero-order valence-corrected chi connectivity index (χ0v) is 25.5. The highest BCUT2D eigenvalue weighted by molar-refractivity contribution is 5.80. The molecular weight excluding hydrogens is 504 g/mol. The quantitative estimate of drug-likeness (QED) is 0.170. The first kappa shape index (κ1) is 33.9. The van der Waals surface area contributed by atoms with Crippen molar-refractivity contribution in [1.29, 1.82) is 0 Å². The van der Waals surface area contributed by atoms with Crippen molar-refractivity contribution < 1.29 is 29.3 Å². The number of Topliss-reactive ketones (excluding diaryl/α,β-unsaturated/α-hetero) is 1. The number of carbonyl (C=O) groups excluding carboxylic acids is 1. The lowest BCUT2D eigenvalue weighted by Crippen LogP contribution is -2.52. The maximum Gasteiger partial charge on any atom is 0.327 e. The first-order valence-electron chi connectivity index (χ1n) is 15.1. The molecule has 2 fully saturated rings. The number of aliphatic hydroxyl groups excluding tert-OH is 1. The molecule has 0 aliphatic carbocycles. The fourth-order valence-corrected chi connectivity index (χ4v) is 5.36. The number of carboxylic acids is 1. The molecule has 0 aromatic rings. The van der Waals surface area contributed by atoms with Crippen molar-refractivity contribution in [3.63, 3.8) is 0 Å². The van der Waals surface area contributed by atoms with Gasteiger partial charge in [0.2, 0.25) is 0 Å². The van der Waals surface area contributed by atoms with Crippen molar-refractivity contribution in [2.45, 2.75) is 123 Å². The number of hydrogen-bond donors (Lipinski definition) is 2. The SMILES string of the molecule is CCCC1CC[C@@]2(CCC(C)C(CC=C(C)C=CC(O)C(C)C=CC(=O)O)O2)OC1C=CC(C)=CCC(=O)CC. The third-order valence-electron chi connectivity index (χ3n) is 8.26. The summed E-state index contributed by atoms with van der Waals surface area (Å²) in [5, 5.41) is 19.1. The van der Waals surface area contributed by atoms with Crippen LogP contribution in [0.15, 0.2) is 59.8 Å². The lowest BCUT2D eigenvalue weighted by Gasteiger charge is -2.49. The van der Waals surface area contributed by atoms with E-state index in [0.29, 0.717) is 24.7 Å². The normalized spacial score (nSPS) is 30.0. The fourth-order valence-electron chi connectivity index (χ4n) is 5.36. The second-order valence-electron chi connectivity index (χ2n) is 11.7. The van der Waals surface area contributed by atoms with Gasteiger partial charge in [-0.15, -0.1) is 0 Å². The van der Waals surface area contributed by atoms with Crippen LogP contribution in [0.25, 0.3) is 0 Å². The van der Waals surface area contributed by atoms with Gasteiger partial charge < -0.3 is 19.7 Å². The summed E-state index contributed by atoms with van der Waals surface area (Å²) in [7, 11) is 0. The van der Waals surface area contributed by atoms with E-state index in [-0.39, 0.29) is 23.9 Å². The summed E-state index contributed by atoms with van der Waals surface area (Å²) >= 11 is 0. The molecule has 2 aliphatic rings. The van der Waals surface area contributed by atoms with Crippen LogP contribution in [0.5, 0.6) is 0 Å². The highest BCUT2D eigenvalue weighted by atomic mass is 16.7. The summed E-state index contributed by atoms with van der Waals surface area (Å²) in [5.74, 6) is -0.745. The molecule has 1 spiro atoms. The Morgan fingerprint density at radius 1 is 1.00 bits per heavy atom. The molecule has 6 unspecified atom stereocenters. The number of allylic oxidation sites excluding steroid dienone is 5. The zero-order valence-electron chi connectivity index (χ0n) is 25.5. The van der Waals surface area contributed by atoms with Crippen LogP contribution in [0, 0.1) is 17.8 Å². The van der Waals surface area contributed by atoms with Crippen LogP contribution in [0.3, 0.4) is 0 Å². The molecule has 2 rings (SSSR count). The van der Waals surface area contributed by atoms with Crippen LogP contribution in [-0.4, -0.2) is 46.1 Å². The highest BCUT2D eigenvalue weighted by Gasteiger charge is 2.46. The molecule has 2 saturated heterocycles. The molecule has 2 N–H and O–H groups in total. The summed E-state index contributed by atoms with van der Waals surface area (Å²) in [5.41, 5.74) is 2.11. The van der Waals surface area contributed by atoms with Crippen LogP contribution < -0.4 is 0 Å². The topological polar surface area (TPSA) is 93.1 Å². The molecule has 0 aromatic carbocycles. The van der Waals surface area contributed by atoms with Gasteiger partial charge in [0, 0.05) is 37.7 Å². The minimum Gasteiger partial charge on any atom is -0.478 e. The Kier molecular flexibility index (Phi) is 14.3. The molecule has 0 bridgehead atoms. The Labute approximate surface area is 241 Å². The Hall–Kier alpha value is -2.28. The number of carbonyl (C=O) groups is 2. The van der Waals surface area contributed by atoms with Gasteiger partial charge in [0.15, 0.2) is 5.79 Å². The largest absolute Gasteiger partial charge is 0.478 e. The van der Waals surface area contributed by atoms with E-state index >= 15 is 0 Å². The maximum atomic E-state index is 11.7. The monoisotopic (exact) mass is 556 g/mol. The van der Waals surface area contributed by atoms with Crippen LogP contribution in [0.2, 0.25) is 0 Å². The van der Waals surface area contributed by atoms with Crippen molar-refractivity contribution in [3.05, 3.63) is 59.8 Å². The number of carboxylic acid groups (broad SMARTS) is 1.